The van der Waals surface area contributed by atoms with Crippen molar-refractivity contribution in [3.05, 3.63) is 35.6 Å². The molecule has 0 amide bonds. The van der Waals surface area contributed by atoms with E-state index in [4.69, 9.17) is 10.5 Å². The topological polar surface area (TPSA) is 35.2 Å². The zero-order chi connectivity index (χ0) is 9.97. The van der Waals surface area contributed by atoms with Gasteiger partial charge in [0.15, 0.2) is 0 Å². The predicted octanol–water partition coefficient (Wildman–Crippen LogP) is 2.00. The Bertz CT molecular complexity index is 310. The van der Waals surface area contributed by atoms with Crippen LogP contribution in [0.3, 0.4) is 0 Å². The molecule has 0 aromatic heterocycles. The number of halogens is 1. The second kappa shape index (κ2) is 4.07. The van der Waals surface area contributed by atoms with Gasteiger partial charge in [0, 0.05) is 12.2 Å². The number of ether oxygens (including phenoxy) is 1. The lowest BCUT2D eigenvalue weighted by atomic mass is 10.00. The van der Waals surface area contributed by atoms with E-state index in [1.54, 1.807) is 18.2 Å². The molecular weight excluding hydrogens is 181 g/mol. The van der Waals surface area contributed by atoms with Gasteiger partial charge in [-0.1, -0.05) is 18.2 Å². The second-order valence-electron chi connectivity index (χ2n) is 3.60. The molecule has 1 aromatic carbocycles. The molecule has 14 heavy (non-hydrogen) atoms. The van der Waals surface area contributed by atoms with Crippen molar-refractivity contribution < 1.29 is 9.13 Å². The Hall–Kier alpha value is -0.930. The van der Waals surface area contributed by atoms with Crippen molar-refractivity contribution in [1.29, 1.82) is 0 Å². The van der Waals surface area contributed by atoms with Crippen molar-refractivity contribution in [3.63, 3.8) is 0 Å². The van der Waals surface area contributed by atoms with Crippen LogP contribution in [0.2, 0.25) is 0 Å². The van der Waals surface area contributed by atoms with Crippen LogP contribution in [-0.4, -0.2) is 12.7 Å². The third kappa shape index (κ3) is 1.79. The van der Waals surface area contributed by atoms with Crippen molar-refractivity contribution in [2.24, 2.45) is 5.73 Å². The molecule has 2 N–H and O–H groups in total. The predicted molar refractivity (Wildman–Crippen MR) is 52.3 cm³/mol. The molecule has 2 unspecified atom stereocenters. The first kappa shape index (κ1) is 9.62. The minimum Gasteiger partial charge on any atom is -0.376 e. The Morgan fingerprint density at radius 2 is 2.21 bits per heavy atom. The molecule has 0 spiro atoms. The Morgan fingerprint density at radius 1 is 1.43 bits per heavy atom. The lowest BCUT2D eigenvalue weighted by Crippen LogP contribution is -2.26. The number of benzene rings is 1. The summed E-state index contributed by atoms with van der Waals surface area (Å²) in [6.07, 6.45) is 1.93. The van der Waals surface area contributed by atoms with Crippen LogP contribution in [0.5, 0.6) is 0 Å². The van der Waals surface area contributed by atoms with Gasteiger partial charge in [0.1, 0.15) is 5.82 Å². The third-order valence-electron chi connectivity index (χ3n) is 2.63. The minimum absolute atomic E-state index is 0.0214. The molecule has 1 heterocycles. The smallest absolute Gasteiger partial charge is 0.128 e. The van der Waals surface area contributed by atoms with Gasteiger partial charge in [-0.15, -0.1) is 0 Å². The van der Waals surface area contributed by atoms with Gasteiger partial charge in [-0.25, -0.2) is 4.39 Å². The Labute approximate surface area is 82.9 Å². The molecule has 1 saturated heterocycles. The van der Waals surface area contributed by atoms with E-state index >= 15 is 0 Å². The number of hydrogen-bond donors (Lipinski definition) is 1. The molecule has 2 nitrogen and oxygen atoms in total. The van der Waals surface area contributed by atoms with Gasteiger partial charge in [0.2, 0.25) is 0 Å². The second-order valence-corrected chi connectivity index (χ2v) is 3.60. The first-order valence-electron chi connectivity index (χ1n) is 4.90. The Morgan fingerprint density at radius 3 is 2.86 bits per heavy atom. The molecule has 3 heteroatoms. The molecule has 2 rings (SSSR count). The average Bonchev–Trinajstić information content (AvgIpc) is 2.70. The molecule has 1 aromatic rings. The van der Waals surface area contributed by atoms with Gasteiger partial charge in [0.05, 0.1) is 12.1 Å². The van der Waals surface area contributed by atoms with E-state index in [0.29, 0.717) is 5.56 Å². The van der Waals surface area contributed by atoms with Crippen LogP contribution >= 0.6 is 0 Å². The maximum Gasteiger partial charge on any atom is 0.128 e. The number of nitrogens with two attached hydrogens (primary N) is 1. The van der Waals surface area contributed by atoms with Crippen LogP contribution in [-0.2, 0) is 4.74 Å². The van der Waals surface area contributed by atoms with Crippen molar-refractivity contribution in [2.45, 2.75) is 25.0 Å². The Balaban J connectivity index is 2.17. The van der Waals surface area contributed by atoms with Crippen LogP contribution in [0.4, 0.5) is 4.39 Å². The monoisotopic (exact) mass is 195 g/mol. The van der Waals surface area contributed by atoms with E-state index in [1.807, 2.05) is 0 Å². The minimum atomic E-state index is -0.335. The summed E-state index contributed by atoms with van der Waals surface area (Å²) in [6.45, 7) is 0.743. The molecule has 0 aliphatic carbocycles. The van der Waals surface area contributed by atoms with E-state index in [0.717, 1.165) is 19.4 Å². The summed E-state index contributed by atoms with van der Waals surface area (Å²) in [5.74, 6) is -0.240. The van der Waals surface area contributed by atoms with Gasteiger partial charge in [0.25, 0.3) is 0 Å². The summed E-state index contributed by atoms with van der Waals surface area (Å²) in [7, 11) is 0. The van der Waals surface area contributed by atoms with E-state index < -0.39 is 0 Å². The largest absolute Gasteiger partial charge is 0.376 e. The summed E-state index contributed by atoms with van der Waals surface area (Å²) in [6, 6.07) is 6.29. The fraction of sp³-hybridized carbons (Fsp3) is 0.455. The van der Waals surface area contributed by atoms with E-state index in [9.17, 15) is 4.39 Å². The van der Waals surface area contributed by atoms with Gasteiger partial charge in [-0.3, -0.25) is 0 Å². The Kier molecular flexibility index (Phi) is 2.79. The van der Waals surface area contributed by atoms with Gasteiger partial charge in [-0.2, -0.15) is 0 Å². The summed E-state index contributed by atoms with van der Waals surface area (Å²) in [5, 5.41) is 0. The highest BCUT2D eigenvalue weighted by atomic mass is 19.1. The molecule has 0 bridgehead atoms. The van der Waals surface area contributed by atoms with Crippen molar-refractivity contribution in [2.75, 3.05) is 6.61 Å². The van der Waals surface area contributed by atoms with Crippen LogP contribution in [0, 0.1) is 5.82 Å². The quantitative estimate of drug-likeness (QED) is 0.783. The lowest BCUT2D eigenvalue weighted by Gasteiger charge is -2.19. The van der Waals surface area contributed by atoms with Crippen LogP contribution in [0.25, 0.3) is 0 Å². The van der Waals surface area contributed by atoms with Crippen LogP contribution in [0.15, 0.2) is 24.3 Å². The van der Waals surface area contributed by atoms with Crippen LogP contribution in [0.1, 0.15) is 24.4 Å². The zero-order valence-electron chi connectivity index (χ0n) is 7.95. The summed E-state index contributed by atoms with van der Waals surface area (Å²) < 4.78 is 18.8. The molecule has 1 aliphatic heterocycles. The first-order chi connectivity index (χ1) is 6.79. The van der Waals surface area contributed by atoms with Gasteiger partial charge >= 0.3 is 0 Å². The third-order valence-corrected chi connectivity index (χ3v) is 2.63. The van der Waals surface area contributed by atoms with Crippen molar-refractivity contribution in [1.82, 2.24) is 0 Å². The molecule has 1 aliphatic rings. The highest BCUT2D eigenvalue weighted by Crippen LogP contribution is 2.26. The lowest BCUT2D eigenvalue weighted by molar-refractivity contribution is 0.0890. The molecule has 0 radical (unpaired) electrons. The van der Waals surface area contributed by atoms with Gasteiger partial charge in [-0.05, 0) is 18.9 Å². The van der Waals surface area contributed by atoms with E-state index in [1.165, 1.54) is 6.07 Å². The van der Waals surface area contributed by atoms with E-state index in [2.05, 4.69) is 0 Å². The van der Waals surface area contributed by atoms with E-state index in [-0.39, 0.29) is 18.0 Å². The fourth-order valence-corrected chi connectivity index (χ4v) is 1.83. The maximum atomic E-state index is 13.4. The van der Waals surface area contributed by atoms with Crippen molar-refractivity contribution >= 4 is 0 Å². The fourth-order valence-electron chi connectivity index (χ4n) is 1.83. The van der Waals surface area contributed by atoms with Gasteiger partial charge < -0.3 is 10.5 Å². The first-order valence-corrected chi connectivity index (χ1v) is 4.90. The summed E-state index contributed by atoms with van der Waals surface area (Å²) in [4.78, 5) is 0. The normalized spacial score (nSPS) is 23.7. The maximum absolute atomic E-state index is 13.4. The molecular formula is C11H14FNO. The standard InChI is InChI=1S/C11H14FNO/c12-9-5-2-1-4-8(9)11(13)10-6-3-7-14-10/h1-2,4-5,10-11H,3,6-7,13H2. The SMILES string of the molecule is NC(c1ccccc1F)C1CCCO1. The molecule has 76 valence electrons. The highest BCUT2D eigenvalue weighted by molar-refractivity contribution is 5.22. The summed E-state index contributed by atoms with van der Waals surface area (Å²) in [5.41, 5.74) is 6.49. The molecule has 0 saturated carbocycles. The average molecular weight is 195 g/mol. The molecule has 1 fully saturated rings. The van der Waals surface area contributed by atoms with Crippen molar-refractivity contribution in [3.8, 4) is 0 Å². The summed E-state index contributed by atoms with van der Waals surface area (Å²) >= 11 is 0. The highest BCUT2D eigenvalue weighted by Gasteiger charge is 2.25. The van der Waals surface area contributed by atoms with Crippen LogP contribution < -0.4 is 5.73 Å². The number of rotatable bonds is 2. The molecule has 2 atom stereocenters. The zero-order valence-corrected chi connectivity index (χ0v) is 7.95. The number of hydrogen-bond acceptors (Lipinski definition) is 2.